The molecule has 0 saturated heterocycles. The van der Waals surface area contributed by atoms with Gasteiger partial charge in [0.05, 0.1) is 6.61 Å². The first-order valence-electron chi connectivity index (χ1n) is 12.5. The number of aryl methyl sites for hydroxylation is 1. The number of halogens is 1. The number of hydrogen-bond acceptors (Lipinski definition) is 4. The Morgan fingerprint density at radius 2 is 1.87 bits per heavy atom. The van der Waals surface area contributed by atoms with E-state index in [4.69, 9.17) is 26.5 Å². The van der Waals surface area contributed by atoms with Crippen molar-refractivity contribution in [3.8, 4) is 11.5 Å². The normalized spacial score (nSPS) is 14.7. The second-order valence-corrected chi connectivity index (χ2v) is 10.2. The number of nitrogens with one attached hydrogen (secondary N) is 3. The SMILES string of the molecule is Cc1ccc(OC(=O)N2CCc3c([nH]c4ccc(Cl)cc34)C2c2ccc(OCCCNC(=N)S)cc2)cc1. The first kappa shape index (κ1) is 26.0. The lowest BCUT2D eigenvalue weighted by Gasteiger charge is -2.35. The number of rotatable bonds is 7. The molecule has 0 spiro atoms. The maximum atomic E-state index is 13.5. The predicted molar refractivity (Wildman–Crippen MR) is 154 cm³/mol. The van der Waals surface area contributed by atoms with E-state index in [-0.39, 0.29) is 11.2 Å². The minimum atomic E-state index is -0.399. The predicted octanol–water partition coefficient (Wildman–Crippen LogP) is 6.50. The van der Waals surface area contributed by atoms with E-state index in [0.717, 1.165) is 45.5 Å². The number of carbonyl (C=O) groups excluding carboxylic acids is 1. The fourth-order valence-electron chi connectivity index (χ4n) is 4.79. The number of H-pyrrole nitrogens is 1. The van der Waals surface area contributed by atoms with Crippen LogP contribution in [-0.4, -0.2) is 40.8 Å². The Morgan fingerprint density at radius 3 is 2.61 bits per heavy atom. The Bertz CT molecular complexity index is 1450. The van der Waals surface area contributed by atoms with E-state index in [0.29, 0.717) is 36.9 Å². The van der Waals surface area contributed by atoms with Gasteiger partial charge in [-0.15, -0.1) is 12.6 Å². The number of hydrogen-bond donors (Lipinski definition) is 4. The zero-order valence-electron chi connectivity index (χ0n) is 21.0. The molecular weight excluding hydrogens is 520 g/mol. The third-order valence-corrected chi connectivity index (χ3v) is 7.02. The van der Waals surface area contributed by atoms with Crippen LogP contribution in [-0.2, 0) is 6.42 Å². The van der Waals surface area contributed by atoms with Crippen molar-refractivity contribution in [3.05, 3.63) is 94.1 Å². The third-order valence-electron chi connectivity index (χ3n) is 6.63. The van der Waals surface area contributed by atoms with Crippen molar-refractivity contribution >= 4 is 46.4 Å². The van der Waals surface area contributed by atoms with Crippen molar-refractivity contribution in [2.45, 2.75) is 25.8 Å². The quantitative estimate of drug-likeness (QED) is 0.0918. The van der Waals surface area contributed by atoms with Crippen molar-refractivity contribution in [2.24, 2.45) is 0 Å². The van der Waals surface area contributed by atoms with Gasteiger partial charge in [-0.3, -0.25) is 10.3 Å². The molecule has 3 N–H and O–H groups in total. The highest BCUT2D eigenvalue weighted by molar-refractivity contribution is 7.96. The number of amides is 1. The van der Waals surface area contributed by atoms with Gasteiger partial charge in [-0.25, -0.2) is 4.79 Å². The van der Waals surface area contributed by atoms with E-state index in [9.17, 15) is 4.79 Å². The Labute approximate surface area is 232 Å². The minimum Gasteiger partial charge on any atom is -0.494 e. The van der Waals surface area contributed by atoms with Gasteiger partial charge in [-0.1, -0.05) is 41.4 Å². The molecule has 1 aromatic heterocycles. The van der Waals surface area contributed by atoms with Gasteiger partial charge in [0.1, 0.15) is 17.5 Å². The zero-order chi connectivity index (χ0) is 26.6. The second kappa shape index (κ2) is 11.4. The fraction of sp³-hybridized carbons (Fsp3) is 0.241. The lowest BCUT2D eigenvalue weighted by Crippen LogP contribution is -2.42. The maximum Gasteiger partial charge on any atom is 0.416 e. The summed E-state index contributed by atoms with van der Waals surface area (Å²) in [5, 5.41) is 12.0. The number of amidine groups is 1. The lowest BCUT2D eigenvalue weighted by molar-refractivity contribution is 0.135. The monoisotopic (exact) mass is 548 g/mol. The van der Waals surface area contributed by atoms with Crippen LogP contribution in [0.15, 0.2) is 66.7 Å². The van der Waals surface area contributed by atoms with Gasteiger partial charge in [0.25, 0.3) is 0 Å². The minimum absolute atomic E-state index is 0.144. The highest BCUT2D eigenvalue weighted by atomic mass is 35.5. The number of aromatic nitrogens is 1. The van der Waals surface area contributed by atoms with Crippen LogP contribution in [0.3, 0.4) is 0 Å². The average Bonchev–Trinajstić information content (AvgIpc) is 3.27. The standard InChI is InChI=1S/C29H29ClN4O3S/c1-18-3-8-22(9-4-18)37-29(35)34-15-13-23-24-17-20(30)7-12-25(24)33-26(23)27(34)19-5-10-21(11-6-19)36-16-2-14-32-28(31)38/h3-12,17,27,33H,2,13-16H2,1H3,(H3,31,32,38). The van der Waals surface area contributed by atoms with Gasteiger partial charge in [0, 0.05) is 34.7 Å². The summed E-state index contributed by atoms with van der Waals surface area (Å²) in [5.41, 5.74) is 5.16. The van der Waals surface area contributed by atoms with Crippen molar-refractivity contribution in [1.82, 2.24) is 15.2 Å². The molecule has 1 aliphatic rings. The van der Waals surface area contributed by atoms with Crippen LogP contribution in [0.5, 0.6) is 11.5 Å². The number of aromatic amines is 1. The number of fused-ring (bicyclic) bond motifs is 3. The van der Waals surface area contributed by atoms with Crippen LogP contribution in [0.25, 0.3) is 10.9 Å². The summed E-state index contributed by atoms with van der Waals surface area (Å²) in [6.07, 6.45) is 1.03. The van der Waals surface area contributed by atoms with Crippen molar-refractivity contribution in [3.63, 3.8) is 0 Å². The molecule has 7 nitrogen and oxygen atoms in total. The molecule has 5 rings (SSSR count). The van der Waals surface area contributed by atoms with Gasteiger partial charge in [-0.05, 0) is 73.4 Å². The molecule has 38 heavy (non-hydrogen) atoms. The number of thiol groups is 1. The molecule has 1 amide bonds. The highest BCUT2D eigenvalue weighted by Gasteiger charge is 2.35. The van der Waals surface area contributed by atoms with Gasteiger partial charge in [0.15, 0.2) is 5.17 Å². The Morgan fingerprint density at radius 1 is 1.13 bits per heavy atom. The first-order chi connectivity index (χ1) is 18.4. The van der Waals surface area contributed by atoms with Crippen molar-refractivity contribution < 1.29 is 14.3 Å². The molecule has 1 aliphatic heterocycles. The smallest absolute Gasteiger partial charge is 0.416 e. The van der Waals surface area contributed by atoms with Crippen LogP contribution < -0.4 is 14.8 Å². The molecule has 2 heterocycles. The first-order valence-corrected chi connectivity index (χ1v) is 13.3. The number of benzene rings is 3. The van der Waals surface area contributed by atoms with E-state index < -0.39 is 6.09 Å². The Kier molecular flexibility index (Phi) is 7.81. The molecule has 0 bridgehead atoms. The topological polar surface area (TPSA) is 90.4 Å². The summed E-state index contributed by atoms with van der Waals surface area (Å²) in [7, 11) is 0. The summed E-state index contributed by atoms with van der Waals surface area (Å²) < 4.78 is 11.6. The molecular formula is C29H29ClN4O3S. The largest absolute Gasteiger partial charge is 0.494 e. The van der Waals surface area contributed by atoms with Crippen LogP contribution in [0.1, 0.15) is 34.8 Å². The molecule has 0 radical (unpaired) electrons. The zero-order valence-corrected chi connectivity index (χ0v) is 22.6. The molecule has 0 aliphatic carbocycles. The number of nitrogens with zero attached hydrogens (tertiary/aromatic N) is 1. The number of ether oxygens (including phenoxy) is 2. The summed E-state index contributed by atoms with van der Waals surface area (Å²) in [4.78, 5) is 18.8. The number of carbonyl (C=O) groups is 1. The summed E-state index contributed by atoms with van der Waals surface area (Å²) in [6, 6.07) is 20.7. The van der Waals surface area contributed by atoms with Crippen LogP contribution in [0, 0.1) is 12.3 Å². The van der Waals surface area contributed by atoms with E-state index in [1.807, 2.05) is 73.7 Å². The third kappa shape index (κ3) is 5.76. The van der Waals surface area contributed by atoms with Crippen molar-refractivity contribution in [1.29, 1.82) is 5.41 Å². The molecule has 3 aromatic carbocycles. The molecule has 0 saturated carbocycles. The lowest BCUT2D eigenvalue weighted by atomic mass is 9.92. The Balaban J connectivity index is 1.42. The molecule has 9 heteroatoms. The van der Waals surface area contributed by atoms with Crippen molar-refractivity contribution in [2.75, 3.05) is 19.7 Å². The van der Waals surface area contributed by atoms with Crippen LogP contribution in [0.4, 0.5) is 4.79 Å². The Hall–Kier alpha value is -3.62. The van der Waals surface area contributed by atoms with Gasteiger partial charge >= 0.3 is 6.09 Å². The van der Waals surface area contributed by atoms with E-state index in [1.54, 1.807) is 4.90 Å². The van der Waals surface area contributed by atoms with Gasteiger partial charge in [0.2, 0.25) is 0 Å². The summed E-state index contributed by atoms with van der Waals surface area (Å²) >= 11 is 10.2. The molecule has 1 unspecified atom stereocenters. The average molecular weight is 549 g/mol. The maximum absolute atomic E-state index is 13.5. The van der Waals surface area contributed by atoms with Crippen LogP contribution >= 0.6 is 24.2 Å². The van der Waals surface area contributed by atoms with Crippen LogP contribution in [0.2, 0.25) is 5.02 Å². The molecule has 196 valence electrons. The van der Waals surface area contributed by atoms with E-state index in [1.165, 1.54) is 0 Å². The second-order valence-electron chi connectivity index (χ2n) is 9.28. The van der Waals surface area contributed by atoms with E-state index in [2.05, 4.69) is 22.9 Å². The molecule has 1 atom stereocenters. The summed E-state index contributed by atoms with van der Waals surface area (Å²) in [6.45, 7) is 3.63. The van der Waals surface area contributed by atoms with Gasteiger partial charge < -0.3 is 19.8 Å². The highest BCUT2D eigenvalue weighted by Crippen LogP contribution is 2.40. The van der Waals surface area contributed by atoms with Gasteiger partial charge in [-0.2, -0.15) is 0 Å². The fourth-order valence-corrected chi connectivity index (χ4v) is 5.07. The van der Waals surface area contributed by atoms with E-state index >= 15 is 0 Å². The molecule has 0 fully saturated rings. The molecule has 4 aromatic rings. The summed E-state index contributed by atoms with van der Waals surface area (Å²) in [5.74, 6) is 1.25.